The summed E-state index contributed by atoms with van der Waals surface area (Å²) in [7, 11) is 1.37. The number of methoxy groups -OCH3 is 1. The van der Waals surface area contributed by atoms with E-state index in [2.05, 4.69) is 0 Å². The molecule has 0 aliphatic heterocycles. The number of nitrogens with zero attached hydrogens (tertiary/aromatic N) is 1. The molecule has 20 heavy (non-hydrogen) atoms. The molecule has 0 radical (unpaired) electrons. The third-order valence-corrected chi connectivity index (χ3v) is 3.25. The van der Waals surface area contributed by atoms with Crippen LogP contribution in [0.5, 0.6) is 0 Å². The molecule has 0 fully saturated rings. The SMILES string of the molecule is CCCN(CC(C)C(=O)OC)C(=O)c1ccccc1C. The van der Waals surface area contributed by atoms with Crippen molar-refractivity contribution in [2.75, 3.05) is 20.2 Å². The summed E-state index contributed by atoms with van der Waals surface area (Å²) in [5, 5.41) is 0. The predicted octanol–water partition coefficient (Wildman–Crippen LogP) is 2.66. The summed E-state index contributed by atoms with van der Waals surface area (Å²) in [4.78, 5) is 25.8. The van der Waals surface area contributed by atoms with Gasteiger partial charge in [0.1, 0.15) is 0 Å². The Balaban J connectivity index is 2.88. The van der Waals surface area contributed by atoms with Gasteiger partial charge in [-0.3, -0.25) is 9.59 Å². The van der Waals surface area contributed by atoms with Crippen LogP contribution in [0.4, 0.5) is 0 Å². The summed E-state index contributed by atoms with van der Waals surface area (Å²) in [6.07, 6.45) is 0.853. The van der Waals surface area contributed by atoms with Crippen LogP contribution in [0, 0.1) is 12.8 Å². The molecule has 0 bridgehead atoms. The maximum atomic E-state index is 12.6. The normalized spacial score (nSPS) is 11.8. The van der Waals surface area contributed by atoms with Crippen LogP contribution in [0.1, 0.15) is 36.2 Å². The maximum absolute atomic E-state index is 12.6. The average molecular weight is 277 g/mol. The highest BCUT2D eigenvalue weighted by Gasteiger charge is 2.22. The fourth-order valence-corrected chi connectivity index (χ4v) is 2.14. The van der Waals surface area contributed by atoms with Gasteiger partial charge in [0, 0.05) is 18.7 Å². The molecule has 1 aromatic carbocycles. The minimum absolute atomic E-state index is 0.0271. The smallest absolute Gasteiger partial charge is 0.310 e. The van der Waals surface area contributed by atoms with E-state index in [0.717, 1.165) is 12.0 Å². The summed E-state index contributed by atoms with van der Waals surface area (Å²) in [6.45, 7) is 6.73. The Labute approximate surface area is 120 Å². The monoisotopic (exact) mass is 277 g/mol. The molecule has 4 heteroatoms. The quantitative estimate of drug-likeness (QED) is 0.751. The van der Waals surface area contributed by atoms with Crippen LogP contribution < -0.4 is 0 Å². The van der Waals surface area contributed by atoms with Gasteiger partial charge in [-0.15, -0.1) is 0 Å². The van der Waals surface area contributed by atoms with E-state index in [1.165, 1.54) is 7.11 Å². The highest BCUT2D eigenvalue weighted by molar-refractivity contribution is 5.95. The van der Waals surface area contributed by atoms with Gasteiger partial charge < -0.3 is 9.64 Å². The standard InChI is InChI=1S/C16H23NO3/c1-5-10-17(11-13(3)16(19)20-4)15(18)14-9-7-6-8-12(14)2/h6-9,13H,5,10-11H2,1-4H3. The lowest BCUT2D eigenvalue weighted by atomic mass is 10.1. The first-order valence-corrected chi connectivity index (χ1v) is 6.94. The van der Waals surface area contributed by atoms with Crippen molar-refractivity contribution >= 4 is 11.9 Å². The van der Waals surface area contributed by atoms with Crippen LogP contribution in [0.15, 0.2) is 24.3 Å². The Bertz CT molecular complexity index is 471. The number of rotatable bonds is 6. The molecule has 4 nitrogen and oxygen atoms in total. The van der Waals surface area contributed by atoms with E-state index < -0.39 is 0 Å². The Morgan fingerprint density at radius 3 is 2.50 bits per heavy atom. The van der Waals surface area contributed by atoms with Gasteiger partial charge >= 0.3 is 5.97 Å². The number of hydrogen-bond acceptors (Lipinski definition) is 3. The van der Waals surface area contributed by atoms with Crippen LogP contribution in [-0.4, -0.2) is 37.0 Å². The number of benzene rings is 1. The predicted molar refractivity (Wildman–Crippen MR) is 78.6 cm³/mol. The molecule has 0 aliphatic rings. The van der Waals surface area contributed by atoms with E-state index in [1.54, 1.807) is 11.8 Å². The number of carbonyl (C=O) groups excluding carboxylic acids is 2. The van der Waals surface area contributed by atoms with E-state index in [1.807, 2.05) is 38.1 Å². The zero-order valence-corrected chi connectivity index (χ0v) is 12.7. The molecule has 0 N–H and O–H groups in total. The summed E-state index contributed by atoms with van der Waals surface area (Å²) < 4.78 is 4.72. The van der Waals surface area contributed by atoms with E-state index in [0.29, 0.717) is 18.7 Å². The zero-order valence-electron chi connectivity index (χ0n) is 12.7. The summed E-state index contributed by atoms with van der Waals surface area (Å²) >= 11 is 0. The molecular weight excluding hydrogens is 254 g/mol. The van der Waals surface area contributed by atoms with Gasteiger partial charge in [0.25, 0.3) is 5.91 Å². The average Bonchev–Trinajstić information content (AvgIpc) is 2.45. The first-order chi connectivity index (χ1) is 9.51. The molecular formula is C16H23NO3. The van der Waals surface area contributed by atoms with Crippen molar-refractivity contribution in [2.24, 2.45) is 5.92 Å². The number of esters is 1. The van der Waals surface area contributed by atoms with Crippen LogP contribution in [-0.2, 0) is 9.53 Å². The van der Waals surface area contributed by atoms with Crippen molar-refractivity contribution in [1.82, 2.24) is 4.90 Å². The Morgan fingerprint density at radius 1 is 1.30 bits per heavy atom. The second-order valence-corrected chi connectivity index (χ2v) is 4.99. The lowest BCUT2D eigenvalue weighted by Gasteiger charge is -2.25. The fourth-order valence-electron chi connectivity index (χ4n) is 2.14. The Kier molecular flexibility index (Phi) is 6.22. The highest BCUT2D eigenvalue weighted by Crippen LogP contribution is 2.13. The topological polar surface area (TPSA) is 46.6 Å². The van der Waals surface area contributed by atoms with Gasteiger partial charge in [0.15, 0.2) is 0 Å². The molecule has 1 unspecified atom stereocenters. The fraction of sp³-hybridized carbons (Fsp3) is 0.500. The van der Waals surface area contributed by atoms with Crippen molar-refractivity contribution < 1.29 is 14.3 Å². The maximum Gasteiger partial charge on any atom is 0.310 e. The van der Waals surface area contributed by atoms with E-state index >= 15 is 0 Å². The minimum Gasteiger partial charge on any atom is -0.469 e. The molecule has 0 saturated carbocycles. The number of aryl methyl sites for hydroxylation is 1. The minimum atomic E-state index is -0.320. The van der Waals surface area contributed by atoms with Crippen LogP contribution >= 0.6 is 0 Å². The summed E-state index contributed by atoms with van der Waals surface area (Å²) in [6, 6.07) is 7.51. The molecule has 0 aliphatic carbocycles. The molecule has 1 amide bonds. The Morgan fingerprint density at radius 2 is 1.95 bits per heavy atom. The highest BCUT2D eigenvalue weighted by atomic mass is 16.5. The first-order valence-electron chi connectivity index (χ1n) is 6.94. The largest absolute Gasteiger partial charge is 0.469 e. The Hall–Kier alpha value is -1.84. The van der Waals surface area contributed by atoms with Crippen LogP contribution in [0.25, 0.3) is 0 Å². The summed E-state index contributed by atoms with van der Waals surface area (Å²) in [5.74, 6) is -0.635. The molecule has 1 aromatic rings. The third-order valence-electron chi connectivity index (χ3n) is 3.25. The molecule has 0 saturated heterocycles. The second-order valence-electron chi connectivity index (χ2n) is 4.99. The molecule has 110 valence electrons. The second kappa shape index (κ2) is 7.68. The van der Waals surface area contributed by atoms with Crippen molar-refractivity contribution in [3.8, 4) is 0 Å². The zero-order chi connectivity index (χ0) is 15.1. The van der Waals surface area contributed by atoms with Gasteiger partial charge in [-0.05, 0) is 25.0 Å². The number of ether oxygens (including phenoxy) is 1. The van der Waals surface area contributed by atoms with Gasteiger partial charge in [-0.2, -0.15) is 0 Å². The van der Waals surface area contributed by atoms with Crippen LogP contribution in [0.2, 0.25) is 0 Å². The third kappa shape index (κ3) is 4.08. The molecule has 0 heterocycles. The molecule has 0 spiro atoms. The van der Waals surface area contributed by atoms with Crippen molar-refractivity contribution in [3.05, 3.63) is 35.4 Å². The first kappa shape index (κ1) is 16.2. The molecule has 0 aromatic heterocycles. The molecule has 1 rings (SSSR count). The van der Waals surface area contributed by atoms with E-state index in [9.17, 15) is 9.59 Å². The van der Waals surface area contributed by atoms with Crippen molar-refractivity contribution in [1.29, 1.82) is 0 Å². The van der Waals surface area contributed by atoms with E-state index in [-0.39, 0.29) is 17.8 Å². The lowest BCUT2D eigenvalue weighted by Crippen LogP contribution is -2.38. The number of carbonyl (C=O) groups is 2. The van der Waals surface area contributed by atoms with Crippen molar-refractivity contribution in [2.45, 2.75) is 27.2 Å². The van der Waals surface area contributed by atoms with E-state index in [4.69, 9.17) is 4.74 Å². The molecule has 1 atom stereocenters. The van der Waals surface area contributed by atoms with Gasteiger partial charge in [0.2, 0.25) is 0 Å². The van der Waals surface area contributed by atoms with Crippen molar-refractivity contribution in [3.63, 3.8) is 0 Å². The lowest BCUT2D eigenvalue weighted by molar-refractivity contribution is -0.145. The van der Waals surface area contributed by atoms with Gasteiger partial charge in [-0.25, -0.2) is 0 Å². The summed E-state index contributed by atoms with van der Waals surface area (Å²) in [5.41, 5.74) is 1.64. The van der Waals surface area contributed by atoms with Crippen LogP contribution in [0.3, 0.4) is 0 Å². The number of amides is 1. The van der Waals surface area contributed by atoms with Gasteiger partial charge in [-0.1, -0.05) is 32.0 Å². The number of hydrogen-bond donors (Lipinski definition) is 0. The van der Waals surface area contributed by atoms with Gasteiger partial charge in [0.05, 0.1) is 13.0 Å².